The average Bonchev–Trinajstić information content (AvgIpc) is 3.03. The fourth-order valence-corrected chi connectivity index (χ4v) is 2.78. The second-order valence-electron chi connectivity index (χ2n) is 5.48. The molecule has 0 aliphatic heterocycles. The molecule has 0 saturated heterocycles. The molecule has 0 atom stereocenters. The first kappa shape index (κ1) is 16.1. The Balaban J connectivity index is 1.90. The van der Waals surface area contributed by atoms with Crippen molar-refractivity contribution in [2.75, 3.05) is 11.9 Å². The van der Waals surface area contributed by atoms with Gasteiger partial charge in [0, 0.05) is 18.3 Å². The summed E-state index contributed by atoms with van der Waals surface area (Å²) in [5, 5.41) is 9.78. The van der Waals surface area contributed by atoms with E-state index in [4.69, 9.17) is 16.0 Å². The lowest BCUT2D eigenvalue weighted by Gasteiger charge is -2.18. The van der Waals surface area contributed by atoms with Crippen molar-refractivity contribution >= 4 is 23.2 Å². The Morgan fingerprint density at radius 3 is 2.58 bits per heavy atom. The van der Waals surface area contributed by atoms with E-state index in [1.807, 2.05) is 31.2 Å². The van der Waals surface area contributed by atoms with Crippen molar-refractivity contribution in [2.45, 2.75) is 6.92 Å². The van der Waals surface area contributed by atoms with Crippen LogP contribution < -0.4 is 4.90 Å². The van der Waals surface area contributed by atoms with Crippen LogP contribution in [0.5, 0.6) is 5.75 Å². The summed E-state index contributed by atoms with van der Waals surface area (Å²) in [7, 11) is 1.71. The second kappa shape index (κ2) is 6.42. The number of amides is 1. The number of para-hydroxylation sites is 1. The van der Waals surface area contributed by atoms with Crippen LogP contribution in [0.15, 0.2) is 59.0 Å². The van der Waals surface area contributed by atoms with Crippen LogP contribution in [0.2, 0.25) is 5.02 Å². The number of halogens is 1. The van der Waals surface area contributed by atoms with Crippen LogP contribution in [0.3, 0.4) is 0 Å². The van der Waals surface area contributed by atoms with Crippen LogP contribution in [0.4, 0.5) is 5.69 Å². The molecule has 1 N–H and O–H groups in total. The van der Waals surface area contributed by atoms with E-state index in [1.165, 1.54) is 12.1 Å². The minimum Gasteiger partial charge on any atom is -0.508 e. The first-order chi connectivity index (χ1) is 11.5. The number of aromatic hydroxyl groups is 1. The largest absolute Gasteiger partial charge is 0.508 e. The molecular weight excluding hydrogens is 326 g/mol. The minimum absolute atomic E-state index is 0.0749. The maximum atomic E-state index is 12.6. The molecule has 2 aromatic carbocycles. The molecule has 1 amide bonds. The topological polar surface area (TPSA) is 53.7 Å². The van der Waals surface area contributed by atoms with Crippen molar-refractivity contribution in [2.24, 2.45) is 0 Å². The Bertz CT molecular complexity index is 901. The summed E-state index contributed by atoms with van der Waals surface area (Å²) in [6, 6.07) is 15.6. The molecule has 122 valence electrons. The van der Waals surface area contributed by atoms with Gasteiger partial charge in [-0.2, -0.15) is 0 Å². The summed E-state index contributed by atoms with van der Waals surface area (Å²) in [6.07, 6.45) is 0. The van der Waals surface area contributed by atoms with Gasteiger partial charge in [0.15, 0.2) is 5.76 Å². The van der Waals surface area contributed by atoms with Crippen molar-refractivity contribution in [3.05, 3.63) is 70.9 Å². The van der Waals surface area contributed by atoms with Gasteiger partial charge >= 0.3 is 0 Å². The molecule has 1 heterocycles. The zero-order valence-corrected chi connectivity index (χ0v) is 14.0. The number of phenolic OH excluding ortho intramolecular Hbond substituents is 1. The molecule has 0 spiro atoms. The number of anilines is 1. The summed E-state index contributed by atoms with van der Waals surface area (Å²) in [5.74, 6) is 0.526. The third kappa shape index (κ3) is 3.01. The number of benzene rings is 2. The molecule has 1 aromatic heterocycles. The number of furan rings is 1. The molecule has 24 heavy (non-hydrogen) atoms. The predicted octanol–water partition coefficient (Wildman–Crippen LogP) is 4.89. The lowest BCUT2D eigenvalue weighted by molar-refractivity contribution is 0.0967. The van der Waals surface area contributed by atoms with E-state index in [-0.39, 0.29) is 17.4 Å². The maximum Gasteiger partial charge on any atom is 0.293 e. The Hall–Kier alpha value is -2.72. The van der Waals surface area contributed by atoms with Gasteiger partial charge in [-0.3, -0.25) is 4.79 Å². The third-order valence-corrected chi connectivity index (χ3v) is 4.13. The summed E-state index contributed by atoms with van der Waals surface area (Å²) < 4.78 is 5.68. The van der Waals surface area contributed by atoms with Crippen molar-refractivity contribution < 1.29 is 14.3 Å². The number of hydrogen-bond donors (Lipinski definition) is 1. The first-order valence-electron chi connectivity index (χ1n) is 7.40. The Labute approximate surface area is 144 Å². The summed E-state index contributed by atoms with van der Waals surface area (Å²) in [6.45, 7) is 1.95. The van der Waals surface area contributed by atoms with E-state index in [1.54, 1.807) is 30.1 Å². The van der Waals surface area contributed by atoms with Crippen LogP contribution in [0, 0.1) is 6.92 Å². The third-order valence-electron chi connectivity index (χ3n) is 3.82. The molecule has 0 fully saturated rings. The Morgan fingerprint density at radius 1 is 1.12 bits per heavy atom. The summed E-state index contributed by atoms with van der Waals surface area (Å²) >= 11 is 6.12. The fourth-order valence-electron chi connectivity index (χ4n) is 2.52. The van der Waals surface area contributed by atoms with Gasteiger partial charge in [0.2, 0.25) is 0 Å². The van der Waals surface area contributed by atoms with E-state index in [9.17, 15) is 9.90 Å². The molecule has 4 nitrogen and oxygen atoms in total. The molecule has 0 unspecified atom stereocenters. The zero-order chi connectivity index (χ0) is 17.3. The highest BCUT2D eigenvalue weighted by atomic mass is 35.5. The zero-order valence-electron chi connectivity index (χ0n) is 13.3. The maximum absolute atomic E-state index is 12.6. The van der Waals surface area contributed by atoms with E-state index in [0.29, 0.717) is 16.3 Å². The highest BCUT2D eigenvalue weighted by Crippen LogP contribution is 2.32. The highest BCUT2D eigenvalue weighted by molar-refractivity contribution is 6.33. The van der Waals surface area contributed by atoms with Gasteiger partial charge in [-0.05, 0) is 48.9 Å². The van der Waals surface area contributed by atoms with Gasteiger partial charge in [0.25, 0.3) is 5.91 Å². The van der Waals surface area contributed by atoms with Crippen molar-refractivity contribution in [3.63, 3.8) is 0 Å². The van der Waals surface area contributed by atoms with E-state index in [2.05, 4.69) is 0 Å². The molecule has 3 aromatic rings. The minimum atomic E-state index is -0.245. The molecule has 0 bridgehead atoms. The van der Waals surface area contributed by atoms with Gasteiger partial charge in [0.1, 0.15) is 11.5 Å². The smallest absolute Gasteiger partial charge is 0.293 e. The lowest BCUT2D eigenvalue weighted by atomic mass is 10.1. The van der Waals surface area contributed by atoms with Crippen LogP contribution in [-0.2, 0) is 0 Å². The standard InChI is InChI=1S/C19H16ClNO3/c1-12-5-3-4-6-16(12)21(2)19(23)18-10-9-17(24-18)14-8-7-13(22)11-15(14)20/h3-11,22H,1-2H3. The molecule has 0 aliphatic carbocycles. The van der Waals surface area contributed by atoms with Gasteiger partial charge in [-0.25, -0.2) is 0 Å². The fraction of sp³-hybridized carbons (Fsp3) is 0.105. The van der Waals surface area contributed by atoms with Crippen LogP contribution >= 0.6 is 11.6 Å². The van der Waals surface area contributed by atoms with E-state index >= 15 is 0 Å². The van der Waals surface area contributed by atoms with Gasteiger partial charge in [-0.1, -0.05) is 29.8 Å². The molecule has 0 saturated carbocycles. The van der Waals surface area contributed by atoms with Crippen molar-refractivity contribution in [1.82, 2.24) is 0 Å². The Morgan fingerprint density at radius 2 is 1.88 bits per heavy atom. The van der Waals surface area contributed by atoms with Crippen LogP contribution in [0.25, 0.3) is 11.3 Å². The number of hydrogen-bond acceptors (Lipinski definition) is 3. The normalized spacial score (nSPS) is 10.6. The Kier molecular flexibility index (Phi) is 4.32. The lowest BCUT2D eigenvalue weighted by Crippen LogP contribution is -2.26. The molecular formula is C19H16ClNO3. The van der Waals surface area contributed by atoms with Gasteiger partial charge in [0.05, 0.1) is 5.02 Å². The quantitative estimate of drug-likeness (QED) is 0.737. The van der Waals surface area contributed by atoms with Crippen LogP contribution in [0.1, 0.15) is 16.1 Å². The van der Waals surface area contributed by atoms with E-state index < -0.39 is 0 Å². The van der Waals surface area contributed by atoms with Crippen molar-refractivity contribution in [3.8, 4) is 17.1 Å². The van der Waals surface area contributed by atoms with Crippen LogP contribution in [-0.4, -0.2) is 18.1 Å². The summed E-state index contributed by atoms with van der Waals surface area (Å²) in [5.41, 5.74) is 2.44. The highest BCUT2D eigenvalue weighted by Gasteiger charge is 2.19. The predicted molar refractivity (Wildman–Crippen MR) is 94.7 cm³/mol. The number of aryl methyl sites for hydroxylation is 1. The second-order valence-corrected chi connectivity index (χ2v) is 5.89. The molecule has 3 rings (SSSR count). The van der Waals surface area contributed by atoms with Crippen molar-refractivity contribution in [1.29, 1.82) is 0 Å². The number of nitrogens with zero attached hydrogens (tertiary/aromatic N) is 1. The van der Waals surface area contributed by atoms with Gasteiger partial charge < -0.3 is 14.4 Å². The monoisotopic (exact) mass is 341 g/mol. The van der Waals surface area contributed by atoms with Gasteiger partial charge in [-0.15, -0.1) is 0 Å². The average molecular weight is 342 g/mol. The van der Waals surface area contributed by atoms with E-state index in [0.717, 1.165) is 11.3 Å². The SMILES string of the molecule is Cc1ccccc1N(C)C(=O)c1ccc(-c2ccc(O)cc2Cl)o1. The number of phenols is 1. The molecule has 0 aliphatic rings. The number of carbonyl (C=O) groups is 1. The molecule has 0 radical (unpaired) electrons. The first-order valence-corrected chi connectivity index (χ1v) is 7.77. The number of carbonyl (C=O) groups excluding carboxylic acids is 1. The summed E-state index contributed by atoms with van der Waals surface area (Å²) in [4.78, 5) is 14.2. The number of rotatable bonds is 3. The molecule has 5 heteroatoms.